The number of nitrogens with zero attached hydrogens (tertiary/aromatic N) is 1. The first-order chi connectivity index (χ1) is 11.4. The van der Waals surface area contributed by atoms with Crippen molar-refractivity contribution >= 4 is 35.3 Å². The molecule has 8 heteroatoms. The van der Waals surface area contributed by atoms with E-state index in [1.807, 2.05) is 0 Å². The minimum atomic E-state index is -0.831. The van der Waals surface area contributed by atoms with Gasteiger partial charge >= 0.3 is 5.97 Å². The lowest BCUT2D eigenvalue weighted by atomic mass is 10.1. The molecule has 7 nitrogen and oxygen atoms in total. The zero-order valence-electron chi connectivity index (χ0n) is 14.4. The summed E-state index contributed by atoms with van der Waals surface area (Å²) in [6, 6.07) is -0.462. The summed E-state index contributed by atoms with van der Waals surface area (Å²) < 4.78 is 0. The van der Waals surface area contributed by atoms with Crippen molar-refractivity contribution in [3.8, 4) is 0 Å². The van der Waals surface area contributed by atoms with Crippen LogP contribution in [0.25, 0.3) is 0 Å². The Balaban J connectivity index is 2.31. The number of aliphatic carboxylic acids is 1. The normalized spacial score (nSPS) is 18.9. The number of carboxylic acids is 1. The number of hydrogen-bond donors (Lipinski definition) is 3. The molecule has 1 fully saturated rings. The summed E-state index contributed by atoms with van der Waals surface area (Å²) >= 11 is 1.50. The van der Waals surface area contributed by atoms with Gasteiger partial charge in [0.05, 0.1) is 12.3 Å². The molecule has 1 heterocycles. The van der Waals surface area contributed by atoms with Crippen LogP contribution in [0.2, 0.25) is 0 Å². The molecule has 2 amide bonds. The second kappa shape index (κ2) is 10.5. The minimum Gasteiger partial charge on any atom is -0.477 e. The number of carbonyl (C=O) groups excluding carboxylic acids is 2. The number of nitrogens with one attached hydrogen (secondary N) is 1. The Hall–Kier alpha value is -1.41. The molecule has 4 N–H and O–H groups in total. The average molecular weight is 358 g/mol. The molecule has 0 radical (unpaired) electrons. The summed E-state index contributed by atoms with van der Waals surface area (Å²) in [5, 5.41) is 17.7. The van der Waals surface area contributed by atoms with Gasteiger partial charge in [-0.05, 0) is 38.4 Å². The Kier molecular flexibility index (Phi) is 8.99. The lowest BCUT2D eigenvalue weighted by Gasteiger charge is -2.15. The van der Waals surface area contributed by atoms with Crippen molar-refractivity contribution in [1.29, 1.82) is 5.41 Å². The smallest absolute Gasteiger partial charge is 0.362 e. The minimum absolute atomic E-state index is 0.117. The van der Waals surface area contributed by atoms with E-state index in [2.05, 4.69) is 0 Å². The van der Waals surface area contributed by atoms with Crippen molar-refractivity contribution in [2.75, 3.05) is 19.3 Å². The third-order valence-electron chi connectivity index (χ3n) is 4.08. The number of quaternary nitrogens is 1. The fourth-order valence-corrected chi connectivity index (χ4v) is 3.77. The van der Waals surface area contributed by atoms with E-state index in [1.54, 1.807) is 19.3 Å². The SMILES string of the molecule is C[NH2+]C(CCCCN1C(=O)CC(SCCCC(C)=N)C1=O)C(=O)O. The molecule has 2 atom stereocenters. The largest absolute Gasteiger partial charge is 0.477 e. The fourth-order valence-electron chi connectivity index (χ4n) is 2.65. The molecule has 2 unspecified atom stereocenters. The van der Waals surface area contributed by atoms with Gasteiger partial charge in [-0.1, -0.05) is 0 Å². The molecule has 136 valence electrons. The zero-order chi connectivity index (χ0) is 18.1. The van der Waals surface area contributed by atoms with E-state index in [0.29, 0.717) is 31.5 Å². The fraction of sp³-hybridized carbons (Fsp3) is 0.750. The van der Waals surface area contributed by atoms with Gasteiger partial charge < -0.3 is 15.8 Å². The molecule has 1 rings (SSSR count). The number of imide groups is 1. The van der Waals surface area contributed by atoms with E-state index in [0.717, 1.165) is 18.6 Å². The van der Waals surface area contributed by atoms with E-state index in [4.69, 9.17) is 10.5 Å². The number of hydrogen-bond acceptors (Lipinski definition) is 5. The number of rotatable bonds is 12. The lowest BCUT2D eigenvalue weighted by molar-refractivity contribution is -0.652. The standard InChI is InChI=1S/C16H27N3O4S/c1-11(17)6-5-9-24-13-10-14(20)19(15(13)21)8-4-3-7-12(18-2)16(22)23/h12-13,17-18H,3-10H2,1-2H3,(H,22,23)/p+1. The Morgan fingerprint density at radius 2 is 2.12 bits per heavy atom. The third kappa shape index (κ3) is 6.60. The van der Waals surface area contributed by atoms with E-state index in [1.165, 1.54) is 16.7 Å². The van der Waals surface area contributed by atoms with Gasteiger partial charge in [0.15, 0.2) is 6.04 Å². The van der Waals surface area contributed by atoms with Crippen molar-refractivity contribution in [2.24, 2.45) is 0 Å². The number of likely N-dealkylation sites (tertiary alicyclic amines) is 1. The van der Waals surface area contributed by atoms with Gasteiger partial charge in [0, 0.05) is 25.1 Å². The molecular formula is C16H28N3O4S+. The van der Waals surface area contributed by atoms with Crippen molar-refractivity contribution in [2.45, 2.75) is 56.7 Å². The molecule has 24 heavy (non-hydrogen) atoms. The summed E-state index contributed by atoms with van der Waals surface area (Å²) in [6.07, 6.45) is 3.68. The van der Waals surface area contributed by atoms with Crippen LogP contribution in [0.5, 0.6) is 0 Å². The quantitative estimate of drug-likeness (QED) is 0.267. The molecule has 0 bridgehead atoms. The molecule has 1 saturated heterocycles. The van der Waals surface area contributed by atoms with Gasteiger partial charge in [-0.2, -0.15) is 0 Å². The Morgan fingerprint density at radius 1 is 1.42 bits per heavy atom. The maximum atomic E-state index is 12.3. The lowest BCUT2D eigenvalue weighted by Crippen LogP contribution is -2.88. The van der Waals surface area contributed by atoms with Crippen molar-refractivity contribution in [1.82, 2.24) is 4.90 Å². The monoisotopic (exact) mass is 358 g/mol. The first-order valence-corrected chi connectivity index (χ1v) is 9.43. The third-order valence-corrected chi connectivity index (χ3v) is 5.38. The van der Waals surface area contributed by atoms with Crippen LogP contribution in [-0.2, 0) is 14.4 Å². The van der Waals surface area contributed by atoms with Gasteiger partial charge in [0.1, 0.15) is 0 Å². The van der Waals surface area contributed by atoms with Crippen LogP contribution in [0.15, 0.2) is 0 Å². The summed E-state index contributed by atoms with van der Waals surface area (Å²) in [6.45, 7) is 2.15. The zero-order valence-corrected chi connectivity index (χ0v) is 15.2. The Morgan fingerprint density at radius 3 is 2.71 bits per heavy atom. The van der Waals surface area contributed by atoms with Crippen LogP contribution < -0.4 is 5.32 Å². The predicted molar refractivity (Wildman–Crippen MR) is 93.3 cm³/mol. The van der Waals surface area contributed by atoms with Crippen LogP contribution in [0, 0.1) is 5.41 Å². The number of thioether (sulfide) groups is 1. The number of carbonyl (C=O) groups is 3. The van der Waals surface area contributed by atoms with Crippen molar-refractivity contribution in [3.05, 3.63) is 0 Å². The van der Waals surface area contributed by atoms with Crippen LogP contribution in [0.1, 0.15) is 45.4 Å². The van der Waals surface area contributed by atoms with Gasteiger partial charge in [0.25, 0.3) is 0 Å². The summed E-state index contributed by atoms with van der Waals surface area (Å²) in [7, 11) is 1.73. The maximum absolute atomic E-state index is 12.3. The van der Waals surface area contributed by atoms with Gasteiger partial charge in [0.2, 0.25) is 11.8 Å². The molecule has 1 aliphatic heterocycles. The van der Waals surface area contributed by atoms with Crippen LogP contribution in [-0.4, -0.2) is 64.1 Å². The predicted octanol–water partition coefficient (Wildman–Crippen LogP) is 0.484. The first-order valence-electron chi connectivity index (χ1n) is 8.39. The number of likely N-dealkylation sites (N-methyl/N-ethyl adjacent to an activating group) is 1. The first kappa shape index (κ1) is 20.6. The maximum Gasteiger partial charge on any atom is 0.362 e. The number of unbranched alkanes of at least 4 members (excludes halogenated alkanes) is 1. The van der Waals surface area contributed by atoms with Gasteiger partial charge in [-0.3, -0.25) is 14.5 Å². The second-order valence-electron chi connectivity index (χ2n) is 6.10. The van der Waals surface area contributed by atoms with Gasteiger partial charge in [-0.15, -0.1) is 11.8 Å². The Labute approximate surface area is 147 Å². The topological polar surface area (TPSA) is 115 Å². The van der Waals surface area contributed by atoms with Crippen molar-refractivity contribution < 1.29 is 24.8 Å². The number of carboxylic acid groups (broad SMARTS) is 1. The summed E-state index contributed by atoms with van der Waals surface area (Å²) in [5.74, 6) is -0.297. The molecule has 1 aliphatic rings. The van der Waals surface area contributed by atoms with E-state index in [9.17, 15) is 14.4 Å². The summed E-state index contributed by atoms with van der Waals surface area (Å²) in [5.41, 5.74) is 0.634. The summed E-state index contributed by atoms with van der Waals surface area (Å²) in [4.78, 5) is 36.5. The van der Waals surface area contributed by atoms with Crippen LogP contribution >= 0.6 is 11.8 Å². The van der Waals surface area contributed by atoms with E-state index >= 15 is 0 Å². The van der Waals surface area contributed by atoms with Crippen LogP contribution in [0.3, 0.4) is 0 Å². The average Bonchev–Trinajstić information content (AvgIpc) is 2.78. The highest BCUT2D eigenvalue weighted by molar-refractivity contribution is 8.00. The molecule has 0 aliphatic carbocycles. The van der Waals surface area contributed by atoms with E-state index in [-0.39, 0.29) is 23.5 Å². The molecule has 0 spiro atoms. The molecule has 0 aromatic rings. The van der Waals surface area contributed by atoms with Crippen molar-refractivity contribution in [3.63, 3.8) is 0 Å². The van der Waals surface area contributed by atoms with E-state index < -0.39 is 12.0 Å². The molecule has 0 aromatic heterocycles. The molecule has 0 saturated carbocycles. The highest BCUT2D eigenvalue weighted by atomic mass is 32.2. The molecule has 0 aromatic carbocycles. The Bertz CT molecular complexity index is 484. The highest BCUT2D eigenvalue weighted by Crippen LogP contribution is 2.26. The number of amides is 2. The molecular weight excluding hydrogens is 330 g/mol. The van der Waals surface area contributed by atoms with Crippen LogP contribution in [0.4, 0.5) is 0 Å². The van der Waals surface area contributed by atoms with Gasteiger partial charge in [-0.25, -0.2) is 4.79 Å². The highest BCUT2D eigenvalue weighted by Gasteiger charge is 2.38. The second-order valence-corrected chi connectivity index (χ2v) is 7.42. The number of nitrogens with two attached hydrogens (primary N) is 1.